The number of carbonyl (C=O) groups is 1. The molecule has 3 nitrogen and oxygen atoms in total. The molecule has 0 saturated heterocycles. The van der Waals surface area contributed by atoms with Crippen LogP contribution in [-0.4, -0.2) is 5.91 Å². The minimum atomic E-state index is -0.479. The number of thiophene rings is 1. The Balaban J connectivity index is 2.29. The van der Waals surface area contributed by atoms with Gasteiger partial charge in [-0.1, -0.05) is 17.7 Å². The van der Waals surface area contributed by atoms with Crippen LogP contribution in [0.4, 0.5) is 5.69 Å². The van der Waals surface area contributed by atoms with Gasteiger partial charge in [0.25, 0.3) is 0 Å². The Bertz CT molecular complexity index is 587. The van der Waals surface area contributed by atoms with Crippen molar-refractivity contribution in [1.82, 2.24) is 0 Å². The first kappa shape index (κ1) is 13.6. The van der Waals surface area contributed by atoms with E-state index in [1.165, 1.54) is 10.4 Å². The topological polar surface area (TPSA) is 55.1 Å². The van der Waals surface area contributed by atoms with Gasteiger partial charge in [0.15, 0.2) is 0 Å². The number of primary amides is 1. The number of carbonyl (C=O) groups excluding carboxylic acids is 1. The van der Waals surface area contributed by atoms with Crippen LogP contribution in [0.1, 0.15) is 26.9 Å². The Morgan fingerprint density at radius 1 is 1.21 bits per heavy atom. The summed E-state index contributed by atoms with van der Waals surface area (Å²) < 4.78 is 0. The van der Waals surface area contributed by atoms with E-state index in [0.29, 0.717) is 0 Å². The molecule has 100 valence electrons. The number of aryl methyl sites for hydroxylation is 3. The number of amides is 1. The fourth-order valence-electron chi connectivity index (χ4n) is 2.06. The van der Waals surface area contributed by atoms with Gasteiger partial charge in [0.2, 0.25) is 5.91 Å². The predicted octanol–water partition coefficient (Wildman–Crippen LogP) is 3.31. The Morgan fingerprint density at radius 3 is 2.32 bits per heavy atom. The molecule has 1 heterocycles. The second kappa shape index (κ2) is 5.45. The standard InChI is InChI=1S/C15H18N2OS/c1-9-4-6-12(7-5-9)17-14(15(16)18)13-8-10(2)19-11(13)3/h4-8,14,17H,1-3H3,(H2,16,18). The summed E-state index contributed by atoms with van der Waals surface area (Å²) in [6.45, 7) is 6.08. The van der Waals surface area contributed by atoms with Crippen LogP contribution in [0.5, 0.6) is 0 Å². The first-order valence-electron chi connectivity index (χ1n) is 6.17. The zero-order valence-corrected chi connectivity index (χ0v) is 12.2. The van der Waals surface area contributed by atoms with Crippen LogP contribution < -0.4 is 11.1 Å². The van der Waals surface area contributed by atoms with Gasteiger partial charge in [-0.05, 0) is 44.5 Å². The summed E-state index contributed by atoms with van der Waals surface area (Å²) in [5.74, 6) is -0.360. The van der Waals surface area contributed by atoms with Gasteiger partial charge < -0.3 is 11.1 Å². The number of rotatable bonds is 4. The molecule has 1 unspecified atom stereocenters. The fraction of sp³-hybridized carbons (Fsp3) is 0.267. The first-order valence-corrected chi connectivity index (χ1v) is 6.98. The second-order valence-corrected chi connectivity index (χ2v) is 6.17. The monoisotopic (exact) mass is 274 g/mol. The molecule has 2 aromatic rings. The Kier molecular flexibility index (Phi) is 3.90. The molecule has 4 heteroatoms. The summed E-state index contributed by atoms with van der Waals surface area (Å²) in [4.78, 5) is 14.0. The van der Waals surface area contributed by atoms with Crippen LogP contribution in [0, 0.1) is 20.8 Å². The van der Waals surface area contributed by atoms with Crippen molar-refractivity contribution in [2.24, 2.45) is 5.73 Å². The van der Waals surface area contributed by atoms with Crippen LogP contribution in [0.2, 0.25) is 0 Å². The maximum atomic E-state index is 11.7. The molecule has 0 aliphatic carbocycles. The van der Waals surface area contributed by atoms with Crippen LogP contribution in [0.15, 0.2) is 30.3 Å². The molecule has 0 bridgehead atoms. The van der Waals surface area contributed by atoms with E-state index in [0.717, 1.165) is 16.1 Å². The molecule has 0 aliphatic rings. The quantitative estimate of drug-likeness (QED) is 0.898. The Labute approximate surface area is 117 Å². The minimum Gasteiger partial charge on any atom is -0.370 e. The lowest BCUT2D eigenvalue weighted by Crippen LogP contribution is -2.27. The van der Waals surface area contributed by atoms with Gasteiger partial charge >= 0.3 is 0 Å². The van der Waals surface area contributed by atoms with Gasteiger partial charge in [0.1, 0.15) is 6.04 Å². The van der Waals surface area contributed by atoms with E-state index in [1.807, 2.05) is 51.1 Å². The number of hydrogen-bond donors (Lipinski definition) is 2. The first-order chi connectivity index (χ1) is 8.97. The highest BCUT2D eigenvalue weighted by Crippen LogP contribution is 2.28. The van der Waals surface area contributed by atoms with E-state index in [-0.39, 0.29) is 5.91 Å². The summed E-state index contributed by atoms with van der Waals surface area (Å²) in [5.41, 5.74) is 8.58. The van der Waals surface area contributed by atoms with Gasteiger partial charge in [-0.25, -0.2) is 0 Å². The molecule has 0 radical (unpaired) electrons. The molecule has 2 rings (SSSR count). The maximum absolute atomic E-state index is 11.7. The largest absolute Gasteiger partial charge is 0.370 e. The minimum absolute atomic E-state index is 0.360. The van der Waals surface area contributed by atoms with Crippen molar-refractivity contribution in [2.45, 2.75) is 26.8 Å². The molecular weight excluding hydrogens is 256 g/mol. The summed E-state index contributed by atoms with van der Waals surface area (Å²) >= 11 is 1.68. The van der Waals surface area contributed by atoms with Crippen molar-refractivity contribution in [2.75, 3.05) is 5.32 Å². The van der Waals surface area contributed by atoms with Crippen LogP contribution >= 0.6 is 11.3 Å². The van der Waals surface area contributed by atoms with Crippen molar-refractivity contribution in [1.29, 1.82) is 0 Å². The smallest absolute Gasteiger partial charge is 0.244 e. The third-order valence-electron chi connectivity index (χ3n) is 3.04. The lowest BCUT2D eigenvalue weighted by molar-refractivity contribution is -0.118. The average molecular weight is 274 g/mol. The second-order valence-electron chi connectivity index (χ2n) is 4.71. The molecule has 0 saturated carbocycles. The summed E-state index contributed by atoms with van der Waals surface area (Å²) in [6, 6.07) is 9.47. The normalized spacial score (nSPS) is 12.2. The third-order valence-corrected chi connectivity index (χ3v) is 4.02. The van der Waals surface area contributed by atoms with Crippen LogP contribution in [0.25, 0.3) is 0 Å². The Hall–Kier alpha value is -1.81. The summed E-state index contributed by atoms with van der Waals surface area (Å²) in [5, 5.41) is 3.21. The van der Waals surface area contributed by atoms with Crippen molar-refractivity contribution < 1.29 is 4.79 Å². The molecule has 1 aromatic heterocycles. The van der Waals surface area contributed by atoms with Gasteiger partial charge in [-0.2, -0.15) is 0 Å². The van der Waals surface area contributed by atoms with E-state index in [9.17, 15) is 4.79 Å². The zero-order valence-electron chi connectivity index (χ0n) is 11.4. The molecule has 0 fully saturated rings. The molecule has 1 amide bonds. The molecule has 0 aliphatic heterocycles. The number of benzene rings is 1. The Morgan fingerprint density at radius 2 is 1.84 bits per heavy atom. The highest BCUT2D eigenvalue weighted by Gasteiger charge is 2.21. The maximum Gasteiger partial charge on any atom is 0.244 e. The van der Waals surface area contributed by atoms with Gasteiger partial charge in [-0.3, -0.25) is 4.79 Å². The zero-order chi connectivity index (χ0) is 14.0. The van der Waals surface area contributed by atoms with Crippen molar-refractivity contribution >= 4 is 22.9 Å². The predicted molar refractivity (Wildman–Crippen MR) is 80.5 cm³/mol. The van der Waals surface area contributed by atoms with Crippen LogP contribution in [0.3, 0.4) is 0 Å². The van der Waals surface area contributed by atoms with Crippen molar-refractivity contribution in [3.8, 4) is 0 Å². The van der Waals surface area contributed by atoms with E-state index in [2.05, 4.69) is 5.32 Å². The lowest BCUT2D eigenvalue weighted by Gasteiger charge is -2.17. The highest BCUT2D eigenvalue weighted by molar-refractivity contribution is 7.12. The number of hydrogen-bond acceptors (Lipinski definition) is 3. The lowest BCUT2D eigenvalue weighted by atomic mass is 10.1. The molecule has 3 N–H and O–H groups in total. The van der Waals surface area contributed by atoms with E-state index >= 15 is 0 Å². The molecule has 1 aromatic carbocycles. The van der Waals surface area contributed by atoms with Gasteiger partial charge in [-0.15, -0.1) is 11.3 Å². The molecule has 0 spiro atoms. The molecule has 19 heavy (non-hydrogen) atoms. The van der Waals surface area contributed by atoms with E-state index in [1.54, 1.807) is 11.3 Å². The van der Waals surface area contributed by atoms with Gasteiger partial charge in [0.05, 0.1) is 0 Å². The number of nitrogens with two attached hydrogens (primary N) is 1. The number of nitrogens with one attached hydrogen (secondary N) is 1. The third kappa shape index (κ3) is 3.15. The van der Waals surface area contributed by atoms with Gasteiger partial charge in [0, 0.05) is 15.4 Å². The van der Waals surface area contributed by atoms with Crippen molar-refractivity contribution in [3.05, 3.63) is 51.2 Å². The average Bonchev–Trinajstić information content (AvgIpc) is 2.67. The fourth-order valence-corrected chi connectivity index (χ4v) is 3.02. The molecule has 1 atom stereocenters. The molecular formula is C15H18N2OS. The SMILES string of the molecule is Cc1ccc(NC(C(N)=O)c2cc(C)sc2C)cc1. The van der Waals surface area contributed by atoms with E-state index in [4.69, 9.17) is 5.73 Å². The van der Waals surface area contributed by atoms with Crippen molar-refractivity contribution in [3.63, 3.8) is 0 Å². The summed E-state index contributed by atoms with van der Waals surface area (Å²) in [6.07, 6.45) is 0. The van der Waals surface area contributed by atoms with E-state index < -0.39 is 6.04 Å². The summed E-state index contributed by atoms with van der Waals surface area (Å²) in [7, 11) is 0. The highest BCUT2D eigenvalue weighted by atomic mass is 32.1. The van der Waals surface area contributed by atoms with Crippen LogP contribution in [-0.2, 0) is 4.79 Å². The number of anilines is 1.